The van der Waals surface area contributed by atoms with E-state index < -0.39 is 11.4 Å². The van der Waals surface area contributed by atoms with Crippen molar-refractivity contribution in [3.63, 3.8) is 0 Å². The molecule has 7 nitrogen and oxygen atoms in total. The summed E-state index contributed by atoms with van der Waals surface area (Å²) in [6.45, 7) is 0.966. The van der Waals surface area contributed by atoms with Crippen LogP contribution in [0.15, 0.2) is 40.1 Å². The molecule has 3 N–H and O–H groups in total. The number of nitrogens with two attached hydrogens (primary N) is 1. The summed E-state index contributed by atoms with van der Waals surface area (Å²) in [7, 11) is 0. The number of anilines is 1. The van der Waals surface area contributed by atoms with Crippen LogP contribution in [-0.2, 0) is 10.3 Å². The Bertz CT molecular complexity index is 942. The molecular formula is C18H17BrFN5O2S. The minimum absolute atomic E-state index is 0.00816. The van der Waals surface area contributed by atoms with Crippen molar-refractivity contribution in [2.24, 2.45) is 16.6 Å². The van der Waals surface area contributed by atoms with Crippen molar-refractivity contribution in [3.8, 4) is 0 Å². The number of carbonyl (C=O) groups excluding carboxylic acids is 1. The molecule has 2 atom stereocenters. The Morgan fingerprint density at radius 1 is 1.39 bits per heavy atom. The first-order chi connectivity index (χ1) is 13.5. The number of rotatable bonds is 3. The van der Waals surface area contributed by atoms with E-state index in [0.717, 1.165) is 0 Å². The van der Waals surface area contributed by atoms with Crippen LogP contribution >= 0.6 is 27.7 Å². The highest BCUT2D eigenvalue weighted by Crippen LogP contribution is 2.46. The van der Waals surface area contributed by atoms with Crippen LogP contribution in [0, 0.1) is 11.7 Å². The number of amidine groups is 1. The number of amides is 1. The molecule has 1 amide bonds. The van der Waals surface area contributed by atoms with Gasteiger partial charge in [-0.1, -0.05) is 11.8 Å². The van der Waals surface area contributed by atoms with Crippen LogP contribution in [0.1, 0.15) is 22.6 Å². The normalized spacial score (nSPS) is 24.2. The highest BCUT2D eigenvalue weighted by Gasteiger charge is 2.47. The molecule has 2 aliphatic rings. The van der Waals surface area contributed by atoms with Crippen LogP contribution in [-0.4, -0.2) is 40.0 Å². The number of nitrogens with one attached hydrogen (secondary N) is 1. The predicted octanol–water partition coefficient (Wildman–Crippen LogP) is 2.92. The lowest BCUT2D eigenvalue weighted by molar-refractivity contribution is 0.00886. The summed E-state index contributed by atoms with van der Waals surface area (Å²) in [6.07, 6.45) is 3.50. The van der Waals surface area contributed by atoms with Crippen molar-refractivity contribution < 1.29 is 13.9 Å². The molecule has 1 aromatic heterocycles. The van der Waals surface area contributed by atoms with Crippen molar-refractivity contribution in [3.05, 3.63) is 52.3 Å². The van der Waals surface area contributed by atoms with Crippen molar-refractivity contribution in [2.45, 2.75) is 12.0 Å². The molecule has 0 spiro atoms. The third kappa shape index (κ3) is 3.63. The third-order valence-corrected chi connectivity index (χ3v) is 6.24. The van der Waals surface area contributed by atoms with E-state index in [9.17, 15) is 9.18 Å². The number of aliphatic imine (C=N–C) groups is 1. The minimum Gasteiger partial charge on any atom is -0.381 e. The molecule has 0 unspecified atom stereocenters. The van der Waals surface area contributed by atoms with Crippen LogP contribution in [0.25, 0.3) is 0 Å². The molecule has 28 heavy (non-hydrogen) atoms. The van der Waals surface area contributed by atoms with E-state index in [4.69, 9.17) is 10.5 Å². The van der Waals surface area contributed by atoms with Gasteiger partial charge in [-0.05, 0) is 34.1 Å². The van der Waals surface area contributed by atoms with E-state index in [2.05, 4.69) is 36.2 Å². The number of carbonyl (C=O) groups is 1. The first-order valence-corrected chi connectivity index (χ1v) is 10.4. The number of benzene rings is 1. The smallest absolute Gasteiger partial charge is 0.293 e. The maximum Gasteiger partial charge on any atom is 0.293 e. The van der Waals surface area contributed by atoms with Gasteiger partial charge in [0.1, 0.15) is 5.82 Å². The Balaban J connectivity index is 1.68. The van der Waals surface area contributed by atoms with Crippen LogP contribution < -0.4 is 11.1 Å². The fraction of sp³-hybridized carbons (Fsp3) is 0.333. The monoisotopic (exact) mass is 465 g/mol. The number of fused-ring (bicyclic) bond motifs is 1. The van der Waals surface area contributed by atoms with Gasteiger partial charge in [0.2, 0.25) is 5.82 Å². The molecule has 1 saturated heterocycles. The molecule has 4 rings (SSSR count). The Hall–Kier alpha value is -2.04. The third-order valence-electron chi connectivity index (χ3n) is 4.88. The lowest BCUT2D eigenvalue weighted by Crippen LogP contribution is -2.47. The summed E-state index contributed by atoms with van der Waals surface area (Å²) in [6, 6.07) is 4.46. The van der Waals surface area contributed by atoms with Crippen molar-refractivity contribution >= 4 is 44.5 Å². The number of thioether (sulfide) groups is 1. The molecule has 3 heterocycles. The van der Waals surface area contributed by atoms with Gasteiger partial charge in [-0.2, -0.15) is 0 Å². The number of halogens is 2. The fourth-order valence-corrected chi connectivity index (χ4v) is 4.69. The van der Waals surface area contributed by atoms with E-state index in [1.54, 1.807) is 6.07 Å². The lowest BCUT2D eigenvalue weighted by atomic mass is 9.75. The molecule has 0 bridgehead atoms. The van der Waals surface area contributed by atoms with Crippen LogP contribution in [0.2, 0.25) is 0 Å². The number of hydrogen-bond donors (Lipinski definition) is 2. The molecule has 0 radical (unpaired) electrons. The summed E-state index contributed by atoms with van der Waals surface area (Å²) in [5.74, 6) is -0.124. The summed E-state index contributed by atoms with van der Waals surface area (Å²) in [5, 5.41) is 3.17. The predicted molar refractivity (Wildman–Crippen MR) is 109 cm³/mol. The maximum atomic E-state index is 14.9. The Labute approximate surface area is 173 Å². The quantitative estimate of drug-likeness (QED) is 0.722. The second-order valence-electron chi connectivity index (χ2n) is 6.58. The first-order valence-electron chi connectivity index (χ1n) is 8.63. The molecular weight excluding hydrogens is 449 g/mol. The van der Waals surface area contributed by atoms with Crippen molar-refractivity contribution in [1.29, 1.82) is 0 Å². The van der Waals surface area contributed by atoms with Gasteiger partial charge in [0.25, 0.3) is 5.91 Å². The van der Waals surface area contributed by atoms with E-state index in [1.807, 2.05) is 0 Å². The lowest BCUT2D eigenvalue weighted by Gasteiger charge is -2.44. The number of hydrogen-bond acceptors (Lipinski definition) is 7. The number of aromatic nitrogens is 2. The van der Waals surface area contributed by atoms with E-state index in [-0.39, 0.29) is 17.6 Å². The molecule has 2 aliphatic heterocycles. The van der Waals surface area contributed by atoms with Gasteiger partial charge >= 0.3 is 0 Å². The summed E-state index contributed by atoms with van der Waals surface area (Å²) >= 11 is 4.68. The zero-order chi connectivity index (χ0) is 19.7. The Morgan fingerprint density at radius 3 is 2.96 bits per heavy atom. The van der Waals surface area contributed by atoms with Crippen LogP contribution in [0.4, 0.5) is 10.1 Å². The largest absolute Gasteiger partial charge is 0.381 e. The molecule has 1 aromatic carbocycles. The number of nitrogens with zero attached hydrogens (tertiary/aromatic N) is 3. The average molecular weight is 466 g/mol. The molecule has 2 aromatic rings. The van der Waals surface area contributed by atoms with Gasteiger partial charge in [0.15, 0.2) is 5.17 Å². The Morgan fingerprint density at radius 2 is 2.18 bits per heavy atom. The van der Waals surface area contributed by atoms with Crippen molar-refractivity contribution in [2.75, 3.05) is 24.3 Å². The molecule has 0 saturated carbocycles. The van der Waals surface area contributed by atoms with Gasteiger partial charge in [-0.25, -0.2) is 14.4 Å². The molecule has 10 heteroatoms. The SMILES string of the molecule is NC1=N[C@@]2(c3cc(NC(=O)c4ncc(Br)cn4)ccc3F)CCOC[C@H]2CS1. The standard InChI is InChI=1S/C18H17BrFN5O2S/c19-11-6-22-15(23-7-11)16(26)24-12-1-2-14(20)13(5-12)18-3-4-27-8-10(18)9-28-17(21)25-18/h1-2,5-7,10H,3-4,8-9H2,(H2,21,25)(H,24,26)/t10-,18-/m0/s1. The topological polar surface area (TPSA) is 102 Å². The maximum absolute atomic E-state index is 14.9. The molecule has 146 valence electrons. The number of ether oxygens (including phenoxy) is 1. The highest BCUT2D eigenvalue weighted by molar-refractivity contribution is 9.10. The first kappa shape index (κ1) is 19.3. The van der Waals surface area contributed by atoms with E-state index in [1.165, 1.54) is 36.3 Å². The van der Waals surface area contributed by atoms with E-state index >= 15 is 0 Å². The summed E-state index contributed by atoms with van der Waals surface area (Å²) in [5.41, 5.74) is 6.06. The van der Waals surface area contributed by atoms with Crippen LogP contribution in [0.3, 0.4) is 0 Å². The fourth-order valence-electron chi connectivity index (χ4n) is 3.51. The zero-order valence-corrected chi connectivity index (χ0v) is 17.1. The minimum atomic E-state index is -0.785. The summed E-state index contributed by atoms with van der Waals surface area (Å²) in [4.78, 5) is 25.0. The van der Waals surface area contributed by atoms with Gasteiger partial charge in [0, 0.05) is 48.3 Å². The van der Waals surface area contributed by atoms with Gasteiger partial charge in [0.05, 0.1) is 16.6 Å². The van der Waals surface area contributed by atoms with Gasteiger partial charge in [-0.15, -0.1) is 0 Å². The van der Waals surface area contributed by atoms with E-state index in [0.29, 0.717) is 46.3 Å². The zero-order valence-electron chi connectivity index (χ0n) is 14.7. The second kappa shape index (κ2) is 7.76. The Kier molecular flexibility index (Phi) is 5.35. The molecule has 0 aliphatic carbocycles. The summed E-state index contributed by atoms with van der Waals surface area (Å²) < 4.78 is 21.1. The van der Waals surface area contributed by atoms with Crippen LogP contribution in [0.5, 0.6) is 0 Å². The van der Waals surface area contributed by atoms with Crippen molar-refractivity contribution in [1.82, 2.24) is 9.97 Å². The molecule has 1 fully saturated rings. The van der Waals surface area contributed by atoms with Gasteiger partial charge < -0.3 is 15.8 Å². The van der Waals surface area contributed by atoms with Gasteiger partial charge in [-0.3, -0.25) is 9.79 Å². The second-order valence-corrected chi connectivity index (χ2v) is 8.54. The average Bonchev–Trinajstić information content (AvgIpc) is 2.69. The highest BCUT2D eigenvalue weighted by atomic mass is 79.9.